The van der Waals surface area contributed by atoms with Crippen LogP contribution in [0.4, 0.5) is 0 Å². The third-order valence-electron chi connectivity index (χ3n) is 1.49. The van der Waals surface area contributed by atoms with Crippen LogP contribution < -0.4 is 0 Å². The fraction of sp³-hybridized carbons (Fsp3) is 1.00. The zero-order chi connectivity index (χ0) is 6.95. The normalized spacial score (nSPS) is 9.00. The molecule has 2 heteroatoms. The summed E-state index contributed by atoms with van der Waals surface area (Å²) in [6, 6.07) is 0. The lowest BCUT2D eigenvalue weighted by Crippen LogP contribution is -1.78. The molecule has 0 atom stereocenters. The zero-order valence-corrected chi connectivity index (χ0v) is 8.41. The van der Waals surface area contributed by atoms with Crippen LogP contribution in [0.15, 0.2) is 0 Å². The highest BCUT2D eigenvalue weighted by Gasteiger charge is 1.86. The maximum atomic E-state index is 3.42. The van der Waals surface area contributed by atoms with Gasteiger partial charge in [-0.15, -0.1) is 0 Å². The van der Waals surface area contributed by atoms with E-state index in [4.69, 9.17) is 0 Å². The van der Waals surface area contributed by atoms with Crippen LogP contribution >= 0.6 is 15.9 Å². The predicted octanol–water partition coefficient (Wildman–Crippen LogP) is 2.92. The van der Waals surface area contributed by atoms with Gasteiger partial charge in [-0.25, -0.2) is 0 Å². The molecule has 0 fully saturated rings. The van der Waals surface area contributed by atoms with E-state index in [1.807, 2.05) is 0 Å². The topological polar surface area (TPSA) is 31.5 Å². The molecule has 0 aliphatic rings. The minimum atomic E-state index is 0. The first-order valence-corrected chi connectivity index (χ1v) is 5.10. The maximum Gasteiger partial charge on any atom is 0.00313 e. The molecule has 1 nitrogen and oxygen atoms in total. The average Bonchev–Trinajstić information content (AvgIpc) is 1.89. The van der Waals surface area contributed by atoms with Gasteiger partial charge in [-0.3, -0.25) is 0 Å². The summed E-state index contributed by atoms with van der Waals surface area (Å²) < 4.78 is 0. The second kappa shape index (κ2) is 12.1. The molecule has 0 radical (unpaired) electrons. The molecule has 0 saturated heterocycles. The Labute approximate surface area is 72.6 Å². The van der Waals surface area contributed by atoms with Crippen LogP contribution in [0.25, 0.3) is 0 Å². The van der Waals surface area contributed by atoms with Crippen molar-refractivity contribution < 1.29 is 5.48 Å². The Morgan fingerprint density at radius 2 is 1.40 bits per heavy atom. The molecule has 0 aromatic rings. The molecule has 0 amide bonds. The maximum absolute atomic E-state index is 3.42. The van der Waals surface area contributed by atoms with Crippen LogP contribution in [0, 0.1) is 0 Å². The van der Waals surface area contributed by atoms with E-state index >= 15 is 0 Å². The van der Waals surface area contributed by atoms with E-state index in [2.05, 4.69) is 22.9 Å². The number of hydrogen-bond donors (Lipinski definition) is 0. The van der Waals surface area contributed by atoms with E-state index in [1.54, 1.807) is 0 Å². The molecule has 0 aromatic carbocycles. The monoisotopic (exact) mass is 210 g/mol. The Hall–Kier alpha value is 0.440. The van der Waals surface area contributed by atoms with E-state index in [0.29, 0.717) is 0 Å². The standard InChI is InChI=1S/C8H17Br.H2O/c1-2-3-4-5-6-7-8-9;/h2-8H2,1H3;1H2. The Morgan fingerprint density at radius 3 is 1.90 bits per heavy atom. The summed E-state index contributed by atoms with van der Waals surface area (Å²) in [7, 11) is 0. The lowest BCUT2D eigenvalue weighted by molar-refractivity contribution is 0.628. The fourth-order valence-corrected chi connectivity index (χ4v) is 1.27. The van der Waals surface area contributed by atoms with Gasteiger partial charge in [0, 0.05) is 5.33 Å². The van der Waals surface area contributed by atoms with Crippen molar-refractivity contribution in [3.05, 3.63) is 0 Å². The number of unbranched alkanes of at least 4 members (excludes halogenated alkanes) is 5. The van der Waals surface area contributed by atoms with Crippen molar-refractivity contribution in [2.75, 3.05) is 5.33 Å². The molecule has 0 bridgehead atoms. The first kappa shape index (κ1) is 13.1. The van der Waals surface area contributed by atoms with Gasteiger partial charge in [0.1, 0.15) is 0 Å². The van der Waals surface area contributed by atoms with Gasteiger partial charge in [0.2, 0.25) is 0 Å². The Kier molecular flexibility index (Phi) is 15.9. The smallest absolute Gasteiger partial charge is 0.00313 e. The van der Waals surface area contributed by atoms with E-state index in [0.717, 1.165) is 0 Å². The Morgan fingerprint density at radius 1 is 0.900 bits per heavy atom. The minimum Gasteiger partial charge on any atom is -0.412 e. The van der Waals surface area contributed by atoms with Crippen molar-refractivity contribution in [3.63, 3.8) is 0 Å². The van der Waals surface area contributed by atoms with Crippen LogP contribution in [0.3, 0.4) is 0 Å². The molecule has 0 heterocycles. The van der Waals surface area contributed by atoms with E-state index in [9.17, 15) is 0 Å². The van der Waals surface area contributed by atoms with E-state index in [-0.39, 0.29) is 5.48 Å². The lowest BCUT2D eigenvalue weighted by atomic mass is 10.1. The lowest BCUT2D eigenvalue weighted by Gasteiger charge is -1.95. The quantitative estimate of drug-likeness (QED) is 0.478. The number of rotatable bonds is 6. The van der Waals surface area contributed by atoms with Gasteiger partial charge < -0.3 is 5.48 Å². The van der Waals surface area contributed by atoms with Crippen LogP contribution in [0.1, 0.15) is 45.4 Å². The number of halogens is 1. The van der Waals surface area contributed by atoms with Crippen molar-refractivity contribution in [1.29, 1.82) is 0 Å². The molecule has 0 unspecified atom stereocenters. The first-order valence-electron chi connectivity index (χ1n) is 3.97. The summed E-state index contributed by atoms with van der Waals surface area (Å²) in [4.78, 5) is 0. The van der Waals surface area contributed by atoms with E-state index < -0.39 is 0 Å². The molecule has 0 aliphatic heterocycles. The van der Waals surface area contributed by atoms with Gasteiger partial charge in [-0.05, 0) is 6.42 Å². The SMILES string of the molecule is CCCCCCCCBr.O. The van der Waals surface area contributed by atoms with Gasteiger partial charge in [-0.1, -0.05) is 55.0 Å². The van der Waals surface area contributed by atoms with Crippen molar-refractivity contribution in [2.45, 2.75) is 45.4 Å². The van der Waals surface area contributed by atoms with Crippen molar-refractivity contribution in [3.8, 4) is 0 Å². The van der Waals surface area contributed by atoms with Crippen LogP contribution in [-0.2, 0) is 0 Å². The summed E-state index contributed by atoms with van der Waals surface area (Å²) in [5, 5.41) is 1.18. The minimum absolute atomic E-state index is 0. The summed E-state index contributed by atoms with van der Waals surface area (Å²) in [6.45, 7) is 2.25. The van der Waals surface area contributed by atoms with E-state index in [1.165, 1.54) is 43.9 Å². The third-order valence-corrected chi connectivity index (χ3v) is 2.05. The van der Waals surface area contributed by atoms with Gasteiger partial charge in [-0.2, -0.15) is 0 Å². The molecular formula is C8H19BrO. The molecule has 0 aliphatic carbocycles. The summed E-state index contributed by atoms with van der Waals surface area (Å²) >= 11 is 3.42. The first-order chi connectivity index (χ1) is 4.41. The van der Waals surface area contributed by atoms with Gasteiger partial charge in [0.15, 0.2) is 0 Å². The largest absolute Gasteiger partial charge is 0.412 e. The molecule has 0 spiro atoms. The highest BCUT2D eigenvalue weighted by Crippen LogP contribution is 2.05. The fourth-order valence-electron chi connectivity index (χ4n) is 0.875. The zero-order valence-electron chi connectivity index (χ0n) is 6.83. The summed E-state index contributed by atoms with van der Waals surface area (Å²) in [5.74, 6) is 0. The summed E-state index contributed by atoms with van der Waals surface area (Å²) in [5.41, 5.74) is 0. The Bertz CT molecular complexity index is 42.5. The predicted molar refractivity (Wildman–Crippen MR) is 50.8 cm³/mol. The second-order valence-electron chi connectivity index (χ2n) is 2.46. The highest BCUT2D eigenvalue weighted by atomic mass is 79.9. The van der Waals surface area contributed by atoms with Crippen molar-refractivity contribution in [2.24, 2.45) is 0 Å². The van der Waals surface area contributed by atoms with Crippen molar-refractivity contribution >= 4 is 15.9 Å². The molecular weight excluding hydrogens is 192 g/mol. The van der Waals surface area contributed by atoms with Crippen LogP contribution in [-0.4, -0.2) is 10.8 Å². The van der Waals surface area contributed by atoms with Gasteiger partial charge in [0.25, 0.3) is 0 Å². The third kappa shape index (κ3) is 11.3. The number of alkyl halides is 1. The van der Waals surface area contributed by atoms with Crippen molar-refractivity contribution in [1.82, 2.24) is 0 Å². The van der Waals surface area contributed by atoms with Crippen LogP contribution in [0.5, 0.6) is 0 Å². The molecule has 10 heavy (non-hydrogen) atoms. The van der Waals surface area contributed by atoms with Gasteiger partial charge >= 0.3 is 0 Å². The molecule has 2 N–H and O–H groups in total. The molecule has 0 rings (SSSR count). The molecule has 64 valence electrons. The highest BCUT2D eigenvalue weighted by molar-refractivity contribution is 9.09. The number of hydrogen-bond acceptors (Lipinski definition) is 0. The second-order valence-corrected chi connectivity index (χ2v) is 3.25. The average molecular weight is 211 g/mol. The molecule has 0 aromatic heterocycles. The Balaban J connectivity index is 0. The van der Waals surface area contributed by atoms with Gasteiger partial charge in [0.05, 0.1) is 0 Å². The molecule has 0 saturated carbocycles. The van der Waals surface area contributed by atoms with Crippen LogP contribution in [0.2, 0.25) is 0 Å². The summed E-state index contributed by atoms with van der Waals surface area (Å²) in [6.07, 6.45) is 8.40.